The number of hydrogen-bond donors (Lipinski definition) is 1. The molecule has 2 heterocycles. The van der Waals surface area contributed by atoms with Gasteiger partial charge in [0.2, 0.25) is 0 Å². The molecule has 0 aromatic carbocycles. The van der Waals surface area contributed by atoms with Gasteiger partial charge in [-0.25, -0.2) is 0 Å². The second kappa shape index (κ2) is 7.06. The molecule has 1 saturated heterocycles. The maximum Gasteiger partial charge on any atom is 0.0597 e. The Balaban J connectivity index is 1.66. The van der Waals surface area contributed by atoms with Crippen LogP contribution in [0.2, 0.25) is 0 Å². The first kappa shape index (κ1) is 14.5. The first-order valence-corrected chi connectivity index (χ1v) is 7.61. The second-order valence-electron chi connectivity index (χ2n) is 5.80. The van der Waals surface area contributed by atoms with Gasteiger partial charge in [-0.15, -0.1) is 0 Å². The Kier molecular flexibility index (Phi) is 5.40. The zero-order valence-electron chi connectivity index (χ0n) is 12.7. The predicted octanol–water partition coefficient (Wildman–Crippen LogP) is 2.03. The molecule has 0 atom stereocenters. The minimum Gasteiger partial charge on any atom is -0.311 e. The molecular weight excluding hydrogens is 236 g/mol. The van der Waals surface area contributed by atoms with E-state index in [2.05, 4.69) is 47.0 Å². The van der Waals surface area contributed by atoms with Crippen molar-refractivity contribution in [1.82, 2.24) is 20.0 Å². The third kappa shape index (κ3) is 4.32. The molecule has 0 radical (unpaired) electrons. The zero-order valence-corrected chi connectivity index (χ0v) is 12.7. The molecule has 1 aromatic rings. The van der Waals surface area contributed by atoms with E-state index in [9.17, 15) is 0 Å². The SMILES string of the molecule is CCn1nc(C)cc1CNCCC1CCN(C)CC1. The largest absolute Gasteiger partial charge is 0.311 e. The lowest BCUT2D eigenvalue weighted by atomic mass is 9.94. The second-order valence-corrected chi connectivity index (χ2v) is 5.80. The van der Waals surface area contributed by atoms with Crippen LogP contribution in [-0.4, -0.2) is 41.4 Å². The summed E-state index contributed by atoms with van der Waals surface area (Å²) in [7, 11) is 2.22. The van der Waals surface area contributed by atoms with Gasteiger partial charge >= 0.3 is 0 Å². The Morgan fingerprint density at radius 1 is 1.37 bits per heavy atom. The number of piperidine rings is 1. The molecule has 1 fully saturated rings. The highest BCUT2D eigenvalue weighted by atomic mass is 15.3. The van der Waals surface area contributed by atoms with Crippen LogP contribution in [0.25, 0.3) is 0 Å². The van der Waals surface area contributed by atoms with Gasteiger partial charge in [0.25, 0.3) is 0 Å². The summed E-state index contributed by atoms with van der Waals surface area (Å²) < 4.78 is 2.10. The summed E-state index contributed by atoms with van der Waals surface area (Å²) in [6.07, 6.45) is 4.04. The molecular formula is C15H28N4. The normalized spacial score (nSPS) is 18.1. The standard InChI is InChI=1S/C15H28N4/c1-4-19-15(11-13(2)17-19)12-16-8-5-14-6-9-18(3)10-7-14/h11,14,16H,4-10,12H2,1-3H3. The summed E-state index contributed by atoms with van der Waals surface area (Å²) in [5.41, 5.74) is 2.43. The lowest BCUT2D eigenvalue weighted by Gasteiger charge is -2.28. The van der Waals surface area contributed by atoms with Crippen molar-refractivity contribution in [3.8, 4) is 0 Å². The maximum absolute atomic E-state index is 4.48. The molecule has 0 bridgehead atoms. The number of likely N-dealkylation sites (tertiary alicyclic amines) is 1. The van der Waals surface area contributed by atoms with E-state index in [0.29, 0.717) is 0 Å². The Morgan fingerprint density at radius 2 is 2.11 bits per heavy atom. The summed E-state index contributed by atoms with van der Waals surface area (Å²) >= 11 is 0. The molecule has 2 rings (SSSR count). The van der Waals surface area contributed by atoms with Crippen molar-refractivity contribution in [2.45, 2.75) is 46.2 Å². The Morgan fingerprint density at radius 3 is 2.79 bits per heavy atom. The third-order valence-corrected chi connectivity index (χ3v) is 4.16. The van der Waals surface area contributed by atoms with Gasteiger partial charge in [-0.1, -0.05) is 0 Å². The molecule has 4 nitrogen and oxygen atoms in total. The fourth-order valence-corrected chi connectivity index (χ4v) is 2.89. The van der Waals surface area contributed by atoms with Crippen LogP contribution in [0.4, 0.5) is 0 Å². The highest BCUT2D eigenvalue weighted by Gasteiger charge is 2.15. The van der Waals surface area contributed by atoms with Gasteiger partial charge in [-0.3, -0.25) is 4.68 Å². The Hall–Kier alpha value is -0.870. The third-order valence-electron chi connectivity index (χ3n) is 4.16. The number of hydrogen-bond acceptors (Lipinski definition) is 3. The molecule has 0 unspecified atom stereocenters. The molecule has 19 heavy (non-hydrogen) atoms. The molecule has 4 heteroatoms. The monoisotopic (exact) mass is 264 g/mol. The fourth-order valence-electron chi connectivity index (χ4n) is 2.89. The lowest BCUT2D eigenvalue weighted by Crippen LogP contribution is -2.31. The molecule has 1 N–H and O–H groups in total. The number of nitrogens with one attached hydrogen (secondary N) is 1. The van der Waals surface area contributed by atoms with Crippen LogP contribution in [0.3, 0.4) is 0 Å². The van der Waals surface area contributed by atoms with Crippen LogP contribution >= 0.6 is 0 Å². The number of nitrogens with zero attached hydrogens (tertiary/aromatic N) is 3. The topological polar surface area (TPSA) is 33.1 Å². The van der Waals surface area contributed by atoms with Gasteiger partial charge in [0, 0.05) is 13.1 Å². The molecule has 1 aliphatic rings. The van der Waals surface area contributed by atoms with E-state index in [-0.39, 0.29) is 0 Å². The van der Waals surface area contributed by atoms with Crippen molar-refractivity contribution >= 4 is 0 Å². The van der Waals surface area contributed by atoms with E-state index in [1.807, 2.05) is 0 Å². The van der Waals surface area contributed by atoms with Gasteiger partial charge in [0.05, 0.1) is 11.4 Å². The molecule has 0 amide bonds. The molecule has 0 saturated carbocycles. The van der Waals surface area contributed by atoms with Crippen molar-refractivity contribution in [3.63, 3.8) is 0 Å². The zero-order chi connectivity index (χ0) is 13.7. The van der Waals surface area contributed by atoms with E-state index < -0.39 is 0 Å². The fraction of sp³-hybridized carbons (Fsp3) is 0.800. The van der Waals surface area contributed by atoms with Crippen LogP contribution in [-0.2, 0) is 13.1 Å². The minimum atomic E-state index is 0.918. The van der Waals surface area contributed by atoms with Gasteiger partial charge < -0.3 is 10.2 Å². The highest BCUT2D eigenvalue weighted by Crippen LogP contribution is 2.18. The predicted molar refractivity (Wildman–Crippen MR) is 79.2 cm³/mol. The smallest absolute Gasteiger partial charge is 0.0597 e. The van der Waals surface area contributed by atoms with Crippen molar-refractivity contribution in [2.75, 3.05) is 26.7 Å². The lowest BCUT2D eigenvalue weighted by molar-refractivity contribution is 0.211. The summed E-state index contributed by atoms with van der Waals surface area (Å²) in [6, 6.07) is 2.19. The molecule has 0 aliphatic carbocycles. The number of aryl methyl sites for hydroxylation is 2. The van der Waals surface area contributed by atoms with Crippen LogP contribution in [0.15, 0.2) is 6.07 Å². The van der Waals surface area contributed by atoms with Crippen molar-refractivity contribution in [2.24, 2.45) is 5.92 Å². The first-order chi connectivity index (χ1) is 9.19. The van der Waals surface area contributed by atoms with E-state index in [1.165, 1.54) is 38.0 Å². The van der Waals surface area contributed by atoms with Gasteiger partial charge in [-0.2, -0.15) is 5.10 Å². The maximum atomic E-state index is 4.48. The van der Waals surface area contributed by atoms with E-state index in [0.717, 1.165) is 31.2 Å². The van der Waals surface area contributed by atoms with E-state index >= 15 is 0 Å². The quantitative estimate of drug-likeness (QED) is 0.798. The summed E-state index contributed by atoms with van der Waals surface area (Å²) in [4.78, 5) is 2.44. The molecule has 1 aromatic heterocycles. The number of aromatic nitrogens is 2. The van der Waals surface area contributed by atoms with E-state index in [1.54, 1.807) is 0 Å². The summed E-state index contributed by atoms with van der Waals surface area (Å²) in [5, 5.41) is 8.05. The molecule has 108 valence electrons. The number of rotatable bonds is 6. The van der Waals surface area contributed by atoms with Crippen LogP contribution in [0.1, 0.15) is 37.6 Å². The van der Waals surface area contributed by atoms with Crippen molar-refractivity contribution in [3.05, 3.63) is 17.5 Å². The van der Waals surface area contributed by atoms with E-state index in [4.69, 9.17) is 0 Å². The first-order valence-electron chi connectivity index (χ1n) is 7.61. The molecule has 0 spiro atoms. The Labute approximate surface area is 117 Å². The minimum absolute atomic E-state index is 0.918. The van der Waals surface area contributed by atoms with Gasteiger partial charge in [0.15, 0.2) is 0 Å². The average molecular weight is 264 g/mol. The van der Waals surface area contributed by atoms with Crippen LogP contribution in [0.5, 0.6) is 0 Å². The van der Waals surface area contributed by atoms with Crippen LogP contribution in [0, 0.1) is 12.8 Å². The Bertz CT molecular complexity index is 377. The van der Waals surface area contributed by atoms with Crippen LogP contribution < -0.4 is 5.32 Å². The van der Waals surface area contributed by atoms with Gasteiger partial charge in [-0.05, 0) is 71.8 Å². The van der Waals surface area contributed by atoms with Crippen molar-refractivity contribution in [1.29, 1.82) is 0 Å². The highest BCUT2D eigenvalue weighted by molar-refractivity contribution is 5.08. The van der Waals surface area contributed by atoms with Crippen molar-refractivity contribution < 1.29 is 0 Å². The average Bonchev–Trinajstić information content (AvgIpc) is 2.77. The summed E-state index contributed by atoms with van der Waals surface area (Å²) in [5.74, 6) is 0.918. The van der Waals surface area contributed by atoms with Gasteiger partial charge in [0.1, 0.15) is 0 Å². The summed E-state index contributed by atoms with van der Waals surface area (Å²) in [6.45, 7) is 9.78. The molecule has 1 aliphatic heterocycles.